The van der Waals surface area contributed by atoms with Crippen LogP contribution in [0.3, 0.4) is 0 Å². The van der Waals surface area contributed by atoms with Crippen LogP contribution in [0.25, 0.3) is 11.3 Å². The minimum absolute atomic E-state index is 0.0853. The molecular weight excluding hydrogens is 430 g/mol. The second-order valence-corrected chi connectivity index (χ2v) is 9.72. The van der Waals surface area contributed by atoms with Gasteiger partial charge >= 0.3 is 0 Å². The molecule has 2 aromatic heterocycles. The molecule has 3 aromatic rings. The molecule has 6 nitrogen and oxygen atoms in total. The van der Waals surface area contributed by atoms with E-state index in [4.69, 9.17) is 5.41 Å². The summed E-state index contributed by atoms with van der Waals surface area (Å²) in [5, 5.41) is 13.8. The van der Waals surface area contributed by atoms with Crippen LogP contribution in [0.15, 0.2) is 48.1 Å². The van der Waals surface area contributed by atoms with Gasteiger partial charge in [0.1, 0.15) is 12.0 Å². The summed E-state index contributed by atoms with van der Waals surface area (Å²) >= 11 is 1.56. The zero-order valence-electron chi connectivity index (χ0n) is 18.8. The Hall–Kier alpha value is -3.50. The van der Waals surface area contributed by atoms with Gasteiger partial charge in [-0.15, -0.1) is 11.3 Å². The molecule has 166 valence electrons. The molecular formula is C26H25N5OS. The molecule has 5 rings (SSSR count). The molecule has 33 heavy (non-hydrogen) atoms. The van der Waals surface area contributed by atoms with E-state index in [1.54, 1.807) is 25.3 Å². The van der Waals surface area contributed by atoms with Crippen LogP contribution >= 0.6 is 11.3 Å². The second-order valence-electron chi connectivity index (χ2n) is 8.81. The third-order valence-corrected chi connectivity index (χ3v) is 7.68. The molecule has 1 saturated heterocycles. The highest BCUT2D eigenvalue weighted by molar-refractivity contribution is 7.10. The topological polar surface area (TPSA) is 82.0 Å². The third kappa shape index (κ3) is 3.81. The van der Waals surface area contributed by atoms with E-state index in [2.05, 4.69) is 57.5 Å². The zero-order chi connectivity index (χ0) is 23.2. The predicted octanol–water partition coefficient (Wildman–Crippen LogP) is 4.45. The number of carbonyl (C=O) groups excluding carboxylic acids is 1. The molecule has 2 atom stereocenters. The molecule has 1 amide bonds. The molecule has 2 N–H and O–H groups in total. The molecule has 0 unspecified atom stereocenters. The SMILES string of the molecule is CC#Cc1cc(-c2csc([C@@]3(C)NC(=N)N(C)C(=O)[C@@H]3c3ccc(C4CC4)cc3)c2)ncn1. The number of benzene rings is 1. The van der Waals surface area contributed by atoms with E-state index in [-0.39, 0.29) is 11.9 Å². The van der Waals surface area contributed by atoms with Crippen molar-refractivity contribution in [1.82, 2.24) is 20.2 Å². The lowest BCUT2D eigenvalue weighted by Gasteiger charge is -2.45. The summed E-state index contributed by atoms with van der Waals surface area (Å²) in [6, 6.07) is 12.4. The number of amides is 1. The van der Waals surface area contributed by atoms with Gasteiger partial charge in [-0.25, -0.2) is 9.97 Å². The number of hydrogen-bond donors (Lipinski definition) is 2. The lowest BCUT2D eigenvalue weighted by atomic mass is 9.76. The van der Waals surface area contributed by atoms with Crippen LogP contribution in [0.5, 0.6) is 0 Å². The molecule has 7 heteroatoms. The minimum Gasteiger partial charge on any atom is -0.345 e. The number of thiophene rings is 1. The molecule has 1 saturated carbocycles. The van der Waals surface area contributed by atoms with Gasteiger partial charge in [-0.05, 0) is 61.8 Å². The molecule has 3 heterocycles. The smallest absolute Gasteiger partial charge is 0.239 e. The summed E-state index contributed by atoms with van der Waals surface area (Å²) in [7, 11) is 1.65. The zero-order valence-corrected chi connectivity index (χ0v) is 19.7. The van der Waals surface area contributed by atoms with Crippen LogP contribution in [0.4, 0.5) is 0 Å². The molecule has 1 aliphatic carbocycles. The monoisotopic (exact) mass is 455 g/mol. The Morgan fingerprint density at radius 1 is 1.18 bits per heavy atom. The van der Waals surface area contributed by atoms with Gasteiger partial charge in [0.2, 0.25) is 5.91 Å². The van der Waals surface area contributed by atoms with Crippen molar-refractivity contribution in [1.29, 1.82) is 5.41 Å². The van der Waals surface area contributed by atoms with E-state index >= 15 is 0 Å². The summed E-state index contributed by atoms with van der Waals surface area (Å²) in [6.45, 7) is 3.79. The molecule has 0 spiro atoms. The minimum atomic E-state index is -0.760. The normalized spacial score (nSPS) is 22.5. The lowest BCUT2D eigenvalue weighted by molar-refractivity contribution is -0.131. The largest absolute Gasteiger partial charge is 0.345 e. The highest BCUT2D eigenvalue weighted by Gasteiger charge is 2.49. The maximum absolute atomic E-state index is 13.5. The lowest BCUT2D eigenvalue weighted by Crippen LogP contribution is -2.62. The number of carbonyl (C=O) groups is 1. The number of rotatable bonds is 4. The average molecular weight is 456 g/mol. The standard InChI is InChI=1S/C26H25N5OS/c1-4-5-20-13-21(29-15-28-20)19-12-22(33-14-19)26(2)23(24(32)31(3)25(27)30-26)18-10-8-17(9-11-18)16-6-7-16/h8-16,23H,6-7H2,1-3H3,(H2,27,30)/t23-,26+/m0/s1. The van der Waals surface area contributed by atoms with Crippen molar-refractivity contribution in [3.05, 3.63) is 69.8 Å². The van der Waals surface area contributed by atoms with Gasteiger partial charge < -0.3 is 5.32 Å². The Bertz CT molecular complexity index is 1300. The number of likely N-dealkylation sites (N-methyl/N-ethyl adjacent to an activating group) is 1. The number of nitrogens with zero attached hydrogens (tertiary/aromatic N) is 3. The molecule has 0 radical (unpaired) electrons. The summed E-state index contributed by atoms with van der Waals surface area (Å²) in [5.74, 6) is 6.06. The Kier molecular flexibility index (Phi) is 5.26. The highest BCUT2D eigenvalue weighted by Crippen LogP contribution is 2.45. The first-order valence-corrected chi connectivity index (χ1v) is 11.9. The summed E-state index contributed by atoms with van der Waals surface area (Å²) in [4.78, 5) is 24.4. The first kappa shape index (κ1) is 21.4. The van der Waals surface area contributed by atoms with Crippen LogP contribution in [0.1, 0.15) is 60.2 Å². The molecule has 1 aliphatic heterocycles. The van der Waals surface area contributed by atoms with Gasteiger partial charge in [-0.1, -0.05) is 30.2 Å². The molecule has 2 fully saturated rings. The summed E-state index contributed by atoms with van der Waals surface area (Å²) in [6.07, 6.45) is 4.01. The van der Waals surface area contributed by atoms with Gasteiger partial charge in [0.25, 0.3) is 0 Å². The summed E-state index contributed by atoms with van der Waals surface area (Å²) < 4.78 is 0. The van der Waals surface area contributed by atoms with Crippen LogP contribution in [-0.4, -0.2) is 33.8 Å². The number of hydrogen-bond acceptors (Lipinski definition) is 5. The maximum Gasteiger partial charge on any atom is 0.239 e. The predicted molar refractivity (Wildman–Crippen MR) is 130 cm³/mol. The van der Waals surface area contributed by atoms with Crippen molar-refractivity contribution in [2.24, 2.45) is 0 Å². The first-order valence-electron chi connectivity index (χ1n) is 11.0. The fourth-order valence-electron chi connectivity index (χ4n) is 4.46. The molecule has 0 bridgehead atoms. The highest BCUT2D eigenvalue weighted by atomic mass is 32.1. The quantitative estimate of drug-likeness (QED) is 0.570. The van der Waals surface area contributed by atoms with E-state index in [9.17, 15) is 4.79 Å². The van der Waals surface area contributed by atoms with E-state index in [0.717, 1.165) is 21.7 Å². The first-order chi connectivity index (χ1) is 15.9. The fraction of sp³-hybridized carbons (Fsp3) is 0.308. The van der Waals surface area contributed by atoms with Gasteiger partial charge in [-0.2, -0.15) is 0 Å². The average Bonchev–Trinajstić information content (AvgIpc) is 3.54. The maximum atomic E-state index is 13.5. The van der Waals surface area contributed by atoms with Crippen molar-refractivity contribution >= 4 is 23.2 Å². The van der Waals surface area contributed by atoms with Crippen molar-refractivity contribution in [3.63, 3.8) is 0 Å². The van der Waals surface area contributed by atoms with E-state index in [1.165, 1.54) is 29.6 Å². The second kappa shape index (κ2) is 8.13. The van der Waals surface area contributed by atoms with Crippen molar-refractivity contribution in [3.8, 4) is 23.1 Å². The number of aromatic nitrogens is 2. The van der Waals surface area contributed by atoms with Gasteiger partial charge in [0.15, 0.2) is 5.96 Å². The van der Waals surface area contributed by atoms with Crippen molar-refractivity contribution in [2.75, 3.05) is 7.05 Å². The van der Waals surface area contributed by atoms with Crippen LogP contribution in [0, 0.1) is 17.3 Å². The van der Waals surface area contributed by atoms with E-state index in [1.807, 2.05) is 18.4 Å². The van der Waals surface area contributed by atoms with Crippen molar-refractivity contribution in [2.45, 2.75) is 44.1 Å². The number of guanidine groups is 1. The van der Waals surface area contributed by atoms with Crippen molar-refractivity contribution < 1.29 is 4.79 Å². The van der Waals surface area contributed by atoms with Gasteiger partial charge in [0.05, 0.1) is 17.2 Å². The fourth-order valence-corrected chi connectivity index (χ4v) is 5.52. The third-order valence-electron chi connectivity index (χ3n) is 6.51. The van der Waals surface area contributed by atoms with Crippen LogP contribution in [0.2, 0.25) is 0 Å². The Labute approximate surface area is 197 Å². The van der Waals surface area contributed by atoms with E-state index < -0.39 is 11.5 Å². The molecule has 2 aliphatic rings. The van der Waals surface area contributed by atoms with Crippen LogP contribution in [-0.2, 0) is 10.3 Å². The Morgan fingerprint density at radius 2 is 1.91 bits per heavy atom. The van der Waals surface area contributed by atoms with Crippen LogP contribution < -0.4 is 5.32 Å². The Balaban J connectivity index is 1.55. The Morgan fingerprint density at radius 3 is 2.61 bits per heavy atom. The van der Waals surface area contributed by atoms with E-state index in [0.29, 0.717) is 11.6 Å². The van der Waals surface area contributed by atoms with Gasteiger partial charge in [0, 0.05) is 22.9 Å². The molecule has 1 aromatic carbocycles. The number of nitrogens with one attached hydrogen (secondary N) is 2. The summed E-state index contributed by atoms with van der Waals surface area (Å²) in [5.41, 5.74) is 3.93. The van der Waals surface area contributed by atoms with Gasteiger partial charge in [-0.3, -0.25) is 15.1 Å².